The monoisotopic (exact) mass is 348 g/mol. The van der Waals surface area contributed by atoms with Crippen molar-refractivity contribution in [3.05, 3.63) is 54.4 Å². The molecule has 0 radical (unpaired) electrons. The fourth-order valence-corrected chi connectivity index (χ4v) is 3.18. The first kappa shape index (κ1) is 16.5. The van der Waals surface area contributed by atoms with Crippen LogP contribution in [0.1, 0.15) is 23.2 Å². The van der Waals surface area contributed by atoms with Crippen LogP contribution in [0.15, 0.2) is 48.8 Å². The quantitative estimate of drug-likeness (QED) is 0.757. The predicted octanol–water partition coefficient (Wildman–Crippen LogP) is 2.79. The van der Waals surface area contributed by atoms with Crippen LogP contribution in [0.5, 0.6) is 0 Å². The van der Waals surface area contributed by atoms with Crippen LogP contribution in [0.4, 0.5) is 5.82 Å². The van der Waals surface area contributed by atoms with Gasteiger partial charge < -0.3 is 15.8 Å². The van der Waals surface area contributed by atoms with E-state index in [1.807, 2.05) is 42.5 Å². The van der Waals surface area contributed by atoms with Gasteiger partial charge in [0.05, 0.1) is 11.6 Å². The number of amides is 1. The normalized spacial score (nSPS) is 16.7. The van der Waals surface area contributed by atoms with Gasteiger partial charge in [-0.3, -0.25) is 4.79 Å². The first-order valence-electron chi connectivity index (χ1n) is 8.71. The summed E-state index contributed by atoms with van der Waals surface area (Å²) in [4.78, 5) is 20.5. The molecule has 26 heavy (non-hydrogen) atoms. The van der Waals surface area contributed by atoms with Crippen LogP contribution < -0.4 is 11.1 Å². The van der Waals surface area contributed by atoms with Crippen LogP contribution in [0.2, 0.25) is 0 Å². The molecular formula is C20H20N4O2. The van der Waals surface area contributed by atoms with Crippen LogP contribution in [0.3, 0.4) is 0 Å². The Morgan fingerprint density at radius 1 is 1.15 bits per heavy atom. The van der Waals surface area contributed by atoms with Gasteiger partial charge in [0, 0.05) is 24.1 Å². The molecule has 0 spiro atoms. The van der Waals surface area contributed by atoms with Crippen molar-refractivity contribution in [3.8, 4) is 11.1 Å². The van der Waals surface area contributed by atoms with Gasteiger partial charge in [-0.2, -0.15) is 0 Å². The summed E-state index contributed by atoms with van der Waals surface area (Å²) >= 11 is 0. The van der Waals surface area contributed by atoms with E-state index < -0.39 is 0 Å². The van der Waals surface area contributed by atoms with Gasteiger partial charge in [-0.05, 0) is 48.2 Å². The van der Waals surface area contributed by atoms with Crippen LogP contribution in [-0.4, -0.2) is 35.1 Å². The van der Waals surface area contributed by atoms with Crippen molar-refractivity contribution >= 4 is 22.6 Å². The zero-order valence-electron chi connectivity index (χ0n) is 14.3. The fraction of sp³-hybridized carbons (Fsp3) is 0.250. The maximum Gasteiger partial charge on any atom is 0.251 e. The first-order valence-corrected chi connectivity index (χ1v) is 8.71. The van der Waals surface area contributed by atoms with E-state index in [0.717, 1.165) is 41.5 Å². The maximum atomic E-state index is 12.3. The topological polar surface area (TPSA) is 90.1 Å². The molecule has 132 valence electrons. The van der Waals surface area contributed by atoms with E-state index in [9.17, 15) is 4.79 Å². The lowest BCUT2D eigenvalue weighted by molar-refractivity contribution is 0.0858. The number of nitrogens with two attached hydrogens (primary N) is 1. The number of nitrogens with zero attached hydrogens (tertiary/aromatic N) is 2. The molecule has 1 fully saturated rings. The molecule has 3 aromatic rings. The van der Waals surface area contributed by atoms with Crippen molar-refractivity contribution in [1.29, 1.82) is 0 Å². The fourth-order valence-electron chi connectivity index (χ4n) is 3.18. The molecule has 3 N–H and O–H groups in total. The average Bonchev–Trinajstić information content (AvgIpc) is 3.20. The summed E-state index contributed by atoms with van der Waals surface area (Å²) < 4.78 is 5.53. The average molecular weight is 348 g/mol. The van der Waals surface area contributed by atoms with Gasteiger partial charge >= 0.3 is 0 Å². The van der Waals surface area contributed by atoms with E-state index in [2.05, 4.69) is 15.3 Å². The molecule has 1 aromatic heterocycles. The number of fused-ring (bicyclic) bond motifs is 1. The largest absolute Gasteiger partial charge is 0.383 e. The zero-order chi connectivity index (χ0) is 17.9. The lowest BCUT2D eigenvalue weighted by Crippen LogP contribution is -2.31. The summed E-state index contributed by atoms with van der Waals surface area (Å²) in [5.41, 5.74) is 9.39. The minimum absolute atomic E-state index is 0.0804. The number of anilines is 1. The summed E-state index contributed by atoms with van der Waals surface area (Å²) in [6.07, 6.45) is 3.68. The Hall–Kier alpha value is -2.99. The number of carbonyl (C=O) groups excluding carboxylic acids is 1. The SMILES string of the molecule is Nc1ncnc2ccc(-c3ccc(C(=O)NCC4CCCO4)cc3)cc12. The van der Waals surface area contributed by atoms with Crippen molar-refractivity contribution in [2.24, 2.45) is 0 Å². The summed E-state index contributed by atoms with van der Waals surface area (Å²) in [6, 6.07) is 13.4. The second-order valence-electron chi connectivity index (χ2n) is 6.41. The number of nitrogens with one attached hydrogen (secondary N) is 1. The van der Waals surface area contributed by atoms with E-state index in [1.165, 1.54) is 6.33 Å². The number of hydrogen-bond acceptors (Lipinski definition) is 5. The number of ether oxygens (including phenoxy) is 1. The Morgan fingerprint density at radius 3 is 2.73 bits per heavy atom. The highest BCUT2D eigenvalue weighted by Crippen LogP contribution is 2.26. The van der Waals surface area contributed by atoms with Gasteiger partial charge in [-0.25, -0.2) is 9.97 Å². The molecule has 6 nitrogen and oxygen atoms in total. The highest BCUT2D eigenvalue weighted by molar-refractivity contribution is 5.95. The van der Waals surface area contributed by atoms with Gasteiger partial charge in [-0.15, -0.1) is 0 Å². The van der Waals surface area contributed by atoms with Crippen molar-refractivity contribution in [2.45, 2.75) is 18.9 Å². The summed E-state index contributed by atoms with van der Waals surface area (Å²) in [5, 5.41) is 3.76. The Balaban J connectivity index is 1.50. The van der Waals surface area contributed by atoms with E-state index in [1.54, 1.807) is 0 Å². The number of rotatable bonds is 4. The van der Waals surface area contributed by atoms with E-state index in [-0.39, 0.29) is 12.0 Å². The molecule has 1 atom stereocenters. The van der Waals surface area contributed by atoms with E-state index >= 15 is 0 Å². The minimum atomic E-state index is -0.0804. The molecule has 0 aliphatic carbocycles. The summed E-state index contributed by atoms with van der Waals surface area (Å²) in [7, 11) is 0. The van der Waals surface area contributed by atoms with E-state index in [0.29, 0.717) is 17.9 Å². The van der Waals surface area contributed by atoms with Crippen LogP contribution in [-0.2, 0) is 4.74 Å². The zero-order valence-corrected chi connectivity index (χ0v) is 14.3. The van der Waals surface area contributed by atoms with Gasteiger partial charge in [0.25, 0.3) is 5.91 Å². The number of benzene rings is 2. The van der Waals surface area contributed by atoms with Gasteiger partial charge in [0.2, 0.25) is 0 Å². The Labute approximate surface area is 151 Å². The number of nitrogen functional groups attached to an aromatic ring is 1. The van der Waals surface area contributed by atoms with Crippen molar-refractivity contribution in [1.82, 2.24) is 15.3 Å². The maximum absolute atomic E-state index is 12.3. The molecule has 1 unspecified atom stereocenters. The molecule has 2 aromatic carbocycles. The standard InChI is InChI=1S/C20H20N4O2/c21-19-17-10-15(7-8-18(17)23-12-24-19)13-3-5-14(6-4-13)20(25)22-11-16-2-1-9-26-16/h3-8,10,12,16H,1-2,9,11H2,(H,22,25)(H2,21,23,24). The number of aromatic nitrogens is 2. The van der Waals surface area contributed by atoms with Gasteiger partial charge in [-0.1, -0.05) is 18.2 Å². The lowest BCUT2D eigenvalue weighted by atomic mass is 10.0. The van der Waals surface area contributed by atoms with Crippen LogP contribution in [0, 0.1) is 0 Å². The molecule has 6 heteroatoms. The first-order chi connectivity index (χ1) is 12.7. The molecule has 2 heterocycles. The van der Waals surface area contributed by atoms with Crippen molar-refractivity contribution < 1.29 is 9.53 Å². The Bertz CT molecular complexity index is 934. The van der Waals surface area contributed by atoms with Gasteiger partial charge in [0.15, 0.2) is 0 Å². The summed E-state index contributed by atoms with van der Waals surface area (Å²) in [5.74, 6) is 0.380. The molecule has 1 amide bonds. The van der Waals surface area contributed by atoms with Gasteiger partial charge in [0.1, 0.15) is 12.1 Å². The van der Waals surface area contributed by atoms with Crippen molar-refractivity contribution in [2.75, 3.05) is 18.9 Å². The molecule has 1 aliphatic rings. The lowest BCUT2D eigenvalue weighted by Gasteiger charge is -2.11. The highest BCUT2D eigenvalue weighted by Gasteiger charge is 2.16. The molecule has 4 rings (SSSR count). The second-order valence-corrected chi connectivity index (χ2v) is 6.41. The molecular weight excluding hydrogens is 328 g/mol. The molecule has 0 bridgehead atoms. The van der Waals surface area contributed by atoms with Crippen LogP contribution in [0.25, 0.3) is 22.0 Å². The third kappa shape index (κ3) is 3.36. The third-order valence-electron chi connectivity index (χ3n) is 4.66. The minimum Gasteiger partial charge on any atom is -0.383 e. The second kappa shape index (κ2) is 7.09. The van der Waals surface area contributed by atoms with Crippen LogP contribution >= 0.6 is 0 Å². The highest BCUT2D eigenvalue weighted by atomic mass is 16.5. The Kier molecular flexibility index (Phi) is 4.50. The molecule has 0 saturated carbocycles. The number of carbonyl (C=O) groups is 1. The smallest absolute Gasteiger partial charge is 0.251 e. The summed E-state index contributed by atoms with van der Waals surface area (Å²) in [6.45, 7) is 1.35. The molecule has 1 aliphatic heterocycles. The third-order valence-corrected chi connectivity index (χ3v) is 4.66. The Morgan fingerprint density at radius 2 is 1.96 bits per heavy atom. The molecule has 1 saturated heterocycles. The van der Waals surface area contributed by atoms with Crippen molar-refractivity contribution in [3.63, 3.8) is 0 Å². The number of hydrogen-bond donors (Lipinski definition) is 2. The van der Waals surface area contributed by atoms with E-state index in [4.69, 9.17) is 10.5 Å². The predicted molar refractivity (Wildman–Crippen MR) is 101 cm³/mol.